The van der Waals surface area contributed by atoms with Gasteiger partial charge in [0.15, 0.2) is 0 Å². The topological polar surface area (TPSA) is 29.3 Å². The number of nitrogens with two attached hydrogens (primary N) is 1. The summed E-state index contributed by atoms with van der Waals surface area (Å²) in [5, 5.41) is 0. The second-order valence-corrected chi connectivity index (χ2v) is 5.77. The van der Waals surface area contributed by atoms with Gasteiger partial charge in [-0.1, -0.05) is 30.3 Å². The number of benzene rings is 2. The van der Waals surface area contributed by atoms with Crippen LogP contribution in [0, 0.1) is 0 Å². The van der Waals surface area contributed by atoms with Crippen LogP contribution in [0.5, 0.6) is 0 Å². The summed E-state index contributed by atoms with van der Waals surface area (Å²) in [5.74, 6) is 0. The molecule has 1 aliphatic heterocycles. The minimum atomic E-state index is 0.808. The molecule has 0 fully saturated rings. The Balaban J connectivity index is 1.91. The molecular weight excluding hydrogens is 300 g/mol. The minimum Gasteiger partial charge on any atom is -0.398 e. The van der Waals surface area contributed by atoms with Gasteiger partial charge in [-0.05, 0) is 52.0 Å². The fourth-order valence-corrected chi connectivity index (χ4v) is 3.09. The maximum Gasteiger partial charge on any atom is 0.0461 e. The van der Waals surface area contributed by atoms with Gasteiger partial charge in [-0.15, -0.1) is 0 Å². The molecular formula is C16H17BrN2. The molecule has 2 aromatic rings. The van der Waals surface area contributed by atoms with E-state index in [1.54, 1.807) is 0 Å². The molecule has 1 heterocycles. The summed E-state index contributed by atoms with van der Waals surface area (Å²) in [6.07, 6.45) is 2.40. The van der Waals surface area contributed by atoms with Crippen LogP contribution in [0.25, 0.3) is 0 Å². The van der Waals surface area contributed by atoms with E-state index >= 15 is 0 Å². The number of anilines is 2. The number of halogens is 1. The van der Waals surface area contributed by atoms with Crippen molar-refractivity contribution in [3.63, 3.8) is 0 Å². The summed E-state index contributed by atoms with van der Waals surface area (Å²) in [6.45, 7) is 2.01. The Morgan fingerprint density at radius 2 is 1.95 bits per heavy atom. The Kier molecular flexibility index (Phi) is 3.47. The molecule has 2 nitrogen and oxygen atoms in total. The van der Waals surface area contributed by atoms with Crippen molar-refractivity contribution >= 4 is 27.3 Å². The van der Waals surface area contributed by atoms with E-state index in [4.69, 9.17) is 5.73 Å². The molecule has 0 saturated heterocycles. The van der Waals surface area contributed by atoms with Gasteiger partial charge in [-0.25, -0.2) is 0 Å². The smallest absolute Gasteiger partial charge is 0.0461 e. The number of nitrogen functional groups attached to an aromatic ring is 1. The Morgan fingerprint density at radius 3 is 2.84 bits per heavy atom. The molecule has 0 aromatic heterocycles. The molecule has 3 heteroatoms. The van der Waals surface area contributed by atoms with Crippen molar-refractivity contribution in [2.24, 2.45) is 0 Å². The first-order valence-electron chi connectivity index (χ1n) is 6.61. The van der Waals surface area contributed by atoms with Crippen molar-refractivity contribution < 1.29 is 0 Å². The molecule has 19 heavy (non-hydrogen) atoms. The van der Waals surface area contributed by atoms with Crippen LogP contribution >= 0.6 is 15.9 Å². The molecule has 2 aromatic carbocycles. The normalized spacial score (nSPS) is 14.3. The molecule has 1 aliphatic rings. The molecule has 0 saturated carbocycles. The van der Waals surface area contributed by atoms with Crippen molar-refractivity contribution in [1.82, 2.24) is 0 Å². The summed E-state index contributed by atoms with van der Waals surface area (Å²) >= 11 is 3.60. The lowest BCUT2D eigenvalue weighted by molar-refractivity contribution is 0.690. The van der Waals surface area contributed by atoms with Gasteiger partial charge in [0.05, 0.1) is 0 Å². The Bertz CT molecular complexity index is 595. The largest absolute Gasteiger partial charge is 0.398 e. The second kappa shape index (κ2) is 5.25. The van der Waals surface area contributed by atoms with Crippen LogP contribution in [0.1, 0.15) is 17.5 Å². The highest BCUT2D eigenvalue weighted by atomic mass is 79.9. The van der Waals surface area contributed by atoms with E-state index in [1.807, 2.05) is 12.1 Å². The first-order valence-corrected chi connectivity index (χ1v) is 7.41. The monoisotopic (exact) mass is 316 g/mol. The van der Waals surface area contributed by atoms with Crippen LogP contribution in [-0.4, -0.2) is 6.54 Å². The first kappa shape index (κ1) is 12.5. The highest BCUT2D eigenvalue weighted by Gasteiger charge is 2.17. The summed E-state index contributed by atoms with van der Waals surface area (Å²) in [7, 11) is 0. The van der Waals surface area contributed by atoms with Gasteiger partial charge < -0.3 is 10.6 Å². The zero-order valence-corrected chi connectivity index (χ0v) is 12.4. The Labute approximate surface area is 122 Å². The molecule has 3 rings (SSSR count). The number of aryl methyl sites for hydroxylation is 1. The molecule has 0 bridgehead atoms. The third-order valence-electron chi connectivity index (χ3n) is 3.68. The van der Waals surface area contributed by atoms with E-state index in [1.165, 1.54) is 29.7 Å². The quantitative estimate of drug-likeness (QED) is 0.849. The summed E-state index contributed by atoms with van der Waals surface area (Å²) < 4.78 is 1.03. The van der Waals surface area contributed by atoms with Crippen LogP contribution in [0.2, 0.25) is 0 Å². The molecule has 98 valence electrons. The third kappa shape index (κ3) is 2.47. The summed E-state index contributed by atoms with van der Waals surface area (Å²) in [6, 6.07) is 14.8. The average Bonchev–Trinajstić information content (AvgIpc) is 2.44. The number of hydrogen-bond donors (Lipinski definition) is 1. The van der Waals surface area contributed by atoms with Crippen LogP contribution in [0.3, 0.4) is 0 Å². The molecule has 0 aliphatic carbocycles. The van der Waals surface area contributed by atoms with Crippen molar-refractivity contribution in [3.8, 4) is 0 Å². The van der Waals surface area contributed by atoms with Gasteiger partial charge in [-0.3, -0.25) is 0 Å². The number of para-hydroxylation sites is 1. The molecule has 0 unspecified atom stereocenters. The second-order valence-electron chi connectivity index (χ2n) is 4.97. The van der Waals surface area contributed by atoms with E-state index in [0.717, 1.165) is 23.2 Å². The maximum absolute atomic E-state index is 5.95. The van der Waals surface area contributed by atoms with Crippen LogP contribution in [-0.2, 0) is 13.0 Å². The van der Waals surface area contributed by atoms with Crippen molar-refractivity contribution in [2.45, 2.75) is 19.4 Å². The van der Waals surface area contributed by atoms with E-state index in [9.17, 15) is 0 Å². The van der Waals surface area contributed by atoms with Crippen molar-refractivity contribution in [3.05, 3.63) is 58.1 Å². The minimum absolute atomic E-state index is 0.808. The van der Waals surface area contributed by atoms with Gasteiger partial charge in [0.1, 0.15) is 0 Å². The predicted molar refractivity (Wildman–Crippen MR) is 84.4 cm³/mol. The number of hydrogen-bond acceptors (Lipinski definition) is 2. The van der Waals surface area contributed by atoms with Gasteiger partial charge in [-0.2, -0.15) is 0 Å². The number of nitrogens with zero attached hydrogens (tertiary/aromatic N) is 1. The molecule has 2 N–H and O–H groups in total. The van der Waals surface area contributed by atoms with Gasteiger partial charge in [0.2, 0.25) is 0 Å². The first-order chi connectivity index (χ1) is 9.25. The lowest BCUT2D eigenvalue weighted by Gasteiger charge is -2.31. The van der Waals surface area contributed by atoms with E-state index < -0.39 is 0 Å². The highest BCUT2D eigenvalue weighted by molar-refractivity contribution is 9.10. The van der Waals surface area contributed by atoms with Crippen LogP contribution in [0.15, 0.2) is 46.9 Å². The van der Waals surface area contributed by atoms with Gasteiger partial charge in [0, 0.05) is 28.9 Å². The van der Waals surface area contributed by atoms with Crippen LogP contribution in [0.4, 0.5) is 11.4 Å². The van der Waals surface area contributed by atoms with E-state index in [-0.39, 0.29) is 0 Å². The fraction of sp³-hybridized carbons (Fsp3) is 0.250. The molecule has 0 radical (unpaired) electrons. The fourth-order valence-electron chi connectivity index (χ4n) is 2.70. The third-order valence-corrected chi connectivity index (χ3v) is 4.64. The zero-order chi connectivity index (χ0) is 13.2. The molecule has 0 amide bonds. The lowest BCUT2D eigenvalue weighted by atomic mass is 10.0. The van der Waals surface area contributed by atoms with E-state index in [0.29, 0.717) is 0 Å². The van der Waals surface area contributed by atoms with Gasteiger partial charge in [0.25, 0.3) is 0 Å². The molecule has 0 spiro atoms. The van der Waals surface area contributed by atoms with Gasteiger partial charge >= 0.3 is 0 Å². The maximum atomic E-state index is 5.95. The van der Waals surface area contributed by atoms with Crippen molar-refractivity contribution in [2.75, 3.05) is 17.2 Å². The average molecular weight is 317 g/mol. The lowest BCUT2D eigenvalue weighted by Crippen LogP contribution is -2.28. The highest BCUT2D eigenvalue weighted by Crippen LogP contribution is 2.31. The zero-order valence-electron chi connectivity index (χ0n) is 10.8. The SMILES string of the molecule is Nc1cccc(CN2CCCc3ccccc32)c1Br. The van der Waals surface area contributed by atoms with Crippen molar-refractivity contribution in [1.29, 1.82) is 0 Å². The molecule has 0 atom stereocenters. The summed E-state index contributed by atoms with van der Waals surface area (Å²) in [5.41, 5.74) is 10.8. The predicted octanol–water partition coefficient (Wildman–Crippen LogP) is 3.98. The number of fused-ring (bicyclic) bond motifs is 1. The summed E-state index contributed by atoms with van der Waals surface area (Å²) in [4.78, 5) is 2.44. The Hall–Kier alpha value is -1.48. The standard InChI is InChI=1S/C16H17BrN2/c17-16-13(6-3-8-14(16)18)11-19-10-4-7-12-5-1-2-9-15(12)19/h1-3,5-6,8-9H,4,7,10-11,18H2. The Morgan fingerprint density at radius 1 is 1.11 bits per heavy atom. The van der Waals surface area contributed by atoms with E-state index in [2.05, 4.69) is 51.2 Å². The number of rotatable bonds is 2. The van der Waals surface area contributed by atoms with Crippen LogP contribution < -0.4 is 10.6 Å².